The van der Waals surface area contributed by atoms with E-state index in [0.717, 1.165) is 44.7 Å². The monoisotopic (exact) mass is 479 g/mol. The minimum Gasteiger partial charge on any atom is -0.370 e. The van der Waals surface area contributed by atoms with Crippen LogP contribution in [0.1, 0.15) is 21.8 Å². The number of halogens is 1. The average molecular weight is 480 g/mol. The Labute approximate surface area is 190 Å². The Balaban J connectivity index is 1.65. The van der Waals surface area contributed by atoms with Gasteiger partial charge in [0.15, 0.2) is 11.6 Å². The number of thiophene rings is 1. The Morgan fingerprint density at radius 2 is 1.90 bits per heavy atom. The van der Waals surface area contributed by atoms with E-state index in [-0.39, 0.29) is 0 Å². The molecule has 0 atom stereocenters. The van der Waals surface area contributed by atoms with Gasteiger partial charge in [-0.3, -0.25) is 4.72 Å². The molecule has 7 nitrogen and oxygen atoms in total. The molecular formula is C21H24ClN4O3S2+. The van der Waals surface area contributed by atoms with E-state index in [1.807, 2.05) is 13.8 Å². The molecule has 31 heavy (non-hydrogen) atoms. The second-order valence-electron chi connectivity index (χ2n) is 7.49. The first-order chi connectivity index (χ1) is 14.8. The highest BCUT2D eigenvalue weighted by atomic mass is 35.5. The van der Waals surface area contributed by atoms with Gasteiger partial charge in [-0.1, -0.05) is 23.7 Å². The number of nitrogens with zero attached hydrogens (tertiary/aromatic N) is 2. The standard InChI is InChI=1S/C21H23ClN4O3S2/c1-14-15(2)30-21-19(14)20(23-18(24-21)13-26-8-10-29-11-9-26)25-31(27,28)12-7-16-3-5-17(22)6-4-16/h3-7,12H,8-11,13H2,1-2H3,(H,23,24,25)/p+1. The summed E-state index contributed by atoms with van der Waals surface area (Å²) in [5, 5.41) is 2.50. The number of ether oxygens (including phenoxy) is 1. The third-order valence-electron chi connectivity index (χ3n) is 5.23. The molecule has 2 aromatic heterocycles. The van der Waals surface area contributed by atoms with Crippen LogP contribution in [0.25, 0.3) is 16.3 Å². The fourth-order valence-electron chi connectivity index (χ4n) is 3.42. The first-order valence-corrected chi connectivity index (χ1v) is 12.7. The molecule has 1 aliphatic heterocycles. The number of morpholine rings is 1. The number of nitrogens with one attached hydrogen (secondary N) is 2. The molecular weight excluding hydrogens is 456 g/mol. The number of aryl methyl sites for hydroxylation is 2. The van der Waals surface area contributed by atoms with Crippen LogP contribution in [0.2, 0.25) is 5.02 Å². The van der Waals surface area contributed by atoms with Crippen LogP contribution in [0, 0.1) is 13.8 Å². The minimum atomic E-state index is -3.77. The maximum absolute atomic E-state index is 12.8. The lowest BCUT2D eigenvalue weighted by Gasteiger charge is -2.23. The number of aromatic nitrogens is 2. The van der Waals surface area contributed by atoms with Gasteiger partial charge in [-0.05, 0) is 43.2 Å². The lowest BCUT2D eigenvalue weighted by molar-refractivity contribution is -0.922. The predicted molar refractivity (Wildman–Crippen MR) is 125 cm³/mol. The summed E-state index contributed by atoms with van der Waals surface area (Å²) in [6.07, 6.45) is 1.53. The van der Waals surface area contributed by atoms with Crippen LogP contribution in [0.15, 0.2) is 29.7 Å². The molecule has 0 amide bonds. The molecule has 2 N–H and O–H groups in total. The first-order valence-electron chi connectivity index (χ1n) is 9.95. The zero-order valence-corrected chi connectivity index (χ0v) is 19.7. The largest absolute Gasteiger partial charge is 0.370 e. The molecule has 4 rings (SSSR count). The first kappa shape index (κ1) is 22.2. The second kappa shape index (κ2) is 9.22. The van der Waals surface area contributed by atoms with Gasteiger partial charge in [0.25, 0.3) is 10.0 Å². The van der Waals surface area contributed by atoms with Gasteiger partial charge in [-0.15, -0.1) is 11.3 Å². The van der Waals surface area contributed by atoms with Crippen molar-refractivity contribution in [1.29, 1.82) is 0 Å². The Kier molecular flexibility index (Phi) is 6.59. The molecule has 0 radical (unpaired) electrons. The van der Waals surface area contributed by atoms with E-state index in [2.05, 4.69) is 9.71 Å². The Hall–Kier alpha value is -2.04. The number of anilines is 1. The zero-order chi connectivity index (χ0) is 22.0. The van der Waals surface area contributed by atoms with Crippen molar-refractivity contribution < 1.29 is 18.1 Å². The molecule has 1 aliphatic rings. The molecule has 0 unspecified atom stereocenters. The number of benzene rings is 1. The fourth-order valence-corrected chi connectivity index (χ4v) is 5.41. The molecule has 1 saturated heterocycles. The summed E-state index contributed by atoms with van der Waals surface area (Å²) >= 11 is 7.45. The molecule has 0 aliphatic carbocycles. The lowest BCUT2D eigenvalue weighted by atomic mass is 10.2. The van der Waals surface area contributed by atoms with Gasteiger partial charge in [0.05, 0.1) is 24.0 Å². The fraction of sp³-hybridized carbons (Fsp3) is 0.333. The molecule has 0 saturated carbocycles. The lowest BCUT2D eigenvalue weighted by Crippen LogP contribution is -3.12. The van der Waals surface area contributed by atoms with E-state index in [4.69, 9.17) is 21.3 Å². The maximum Gasteiger partial charge on any atom is 0.256 e. The summed E-state index contributed by atoms with van der Waals surface area (Å²) in [5.74, 6) is 0.959. The van der Waals surface area contributed by atoms with Crippen LogP contribution in [0.3, 0.4) is 0 Å². The summed E-state index contributed by atoms with van der Waals surface area (Å²) in [7, 11) is -3.77. The highest BCUT2D eigenvalue weighted by molar-refractivity contribution is 7.95. The topological polar surface area (TPSA) is 85.6 Å². The summed E-state index contributed by atoms with van der Waals surface area (Å²) in [5.41, 5.74) is 1.73. The summed E-state index contributed by atoms with van der Waals surface area (Å²) in [6.45, 7) is 7.79. The smallest absolute Gasteiger partial charge is 0.256 e. The van der Waals surface area contributed by atoms with E-state index >= 15 is 0 Å². The molecule has 3 aromatic rings. The molecule has 10 heteroatoms. The van der Waals surface area contributed by atoms with Crippen LogP contribution in [0.4, 0.5) is 5.82 Å². The number of rotatable bonds is 6. The van der Waals surface area contributed by atoms with E-state index in [1.165, 1.54) is 11.0 Å². The van der Waals surface area contributed by atoms with Gasteiger partial charge in [0, 0.05) is 9.90 Å². The third kappa shape index (κ3) is 5.42. The van der Waals surface area contributed by atoms with Gasteiger partial charge in [0.1, 0.15) is 24.5 Å². The highest BCUT2D eigenvalue weighted by Gasteiger charge is 2.21. The molecule has 0 bridgehead atoms. The van der Waals surface area contributed by atoms with Crippen molar-refractivity contribution in [3.05, 3.63) is 56.5 Å². The number of fused-ring (bicyclic) bond motifs is 1. The van der Waals surface area contributed by atoms with Crippen molar-refractivity contribution in [2.45, 2.75) is 20.4 Å². The molecule has 0 spiro atoms. The number of sulfonamides is 1. The van der Waals surface area contributed by atoms with E-state index < -0.39 is 10.0 Å². The number of hydrogen-bond donors (Lipinski definition) is 2. The summed E-state index contributed by atoms with van der Waals surface area (Å²) in [6, 6.07) is 6.94. The van der Waals surface area contributed by atoms with Crippen LogP contribution in [0.5, 0.6) is 0 Å². The number of hydrogen-bond acceptors (Lipinski definition) is 6. The Morgan fingerprint density at radius 3 is 2.61 bits per heavy atom. The molecule has 1 fully saturated rings. The van der Waals surface area contributed by atoms with Crippen LogP contribution >= 0.6 is 22.9 Å². The van der Waals surface area contributed by atoms with Crippen LogP contribution < -0.4 is 9.62 Å². The average Bonchev–Trinajstić information content (AvgIpc) is 3.02. The van der Waals surface area contributed by atoms with Crippen molar-refractivity contribution in [2.24, 2.45) is 0 Å². The van der Waals surface area contributed by atoms with Gasteiger partial charge < -0.3 is 9.64 Å². The van der Waals surface area contributed by atoms with Crippen LogP contribution in [-0.4, -0.2) is 44.7 Å². The molecule has 164 valence electrons. The number of quaternary nitrogens is 1. The van der Waals surface area contributed by atoms with E-state index in [9.17, 15) is 8.42 Å². The van der Waals surface area contributed by atoms with Crippen LogP contribution in [-0.2, 0) is 21.3 Å². The summed E-state index contributed by atoms with van der Waals surface area (Å²) in [4.78, 5) is 12.6. The van der Waals surface area contributed by atoms with Gasteiger partial charge in [0.2, 0.25) is 0 Å². The zero-order valence-electron chi connectivity index (χ0n) is 17.3. The van der Waals surface area contributed by atoms with Crippen molar-refractivity contribution in [3.63, 3.8) is 0 Å². The minimum absolute atomic E-state index is 0.329. The SMILES string of the molecule is Cc1sc2nc(C[NH+]3CCOCC3)nc(NS(=O)(=O)C=Cc3ccc(Cl)cc3)c2c1C. The van der Waals surface area contributed by atoms with Gasteiger partial charge in [-0.25, -0.2) is 18.4 Å². The summed E-state index contributed by atoms with van der Waals surface area (Å²) < 4.78 is 33.7. The van der Waals surface area contributed by atoms with Crippen molar-refractivity contribution >= 4 is 55.1 Å². The van der Waals surface area contributed by atoms with Gasteiger partial charge >= 0.3 is 0 Å². The second-order valence-corrected chi connectivity index (χ2v) is 10.7. The maximum atomic E-state index is 12.8. The van der Waals surface area contributed by atoms with E-state index in [1.54, 1.807) is 35.6 Å². The van der Waals surface area contributed by atoms with Gasteiger partial charge in [-0.2, -0.15) is 0 Å². The molecule has 1 aromatic carbocycles. The van der Waals surface area contributed by atoms with E-state index in [0.29, 0.717) is 36.4 Å². The van der Waals surface area contributed by atoms with Crippen molar-refractivity contribution in [1.82, 2.24) is 9.97 Å². The Morgan fingerprint density at radius 1 is 1.19 bits per heavy atom. The third-order valence-corrected chi connectivity index (χ3v) is 7.56. The highest BCUT2D eigenvalue weighted by Crippen LogP contribution is 2.33. The van der Waals surface area contributed by atoms with Crippen molar-refractivity contribution in [2.75, 3.05) is 31.0 Å². The normalized spacial score (nSPS) is 15.7. The Bertz CT molecular complexity index is 1220. The quantitative estimate of drug-likeness (QED) is 0.567. The van der Waals surface area contributed by atoms with Crippen molar-refractivity contribution in [3.8, 4) is 0 Å². The molecule has 3 heterocycles. The predicted octanol–water partition coefficient (Wildman–Crippen LogP) is 2.79.